The minimum Gasteiger partial charge on any atom is -0.459 e. The van der Waals surface area contributed by atoms with E-state index in [1.54, 1.807) is 41.5 Å². The number of hydrogen-bond donors (Lipinski definition) is 5. The van der Waals surface area contributed by atoms with Crippen LogP contribution in [0, 0.1) is 17.8 Å². The number of likely N-dealkylation sites (N-methyl/N-ethyl adjacent to an activating group) is 2. The van der Waals surface area contributed by atoms with Gasteiger partial charge in [0.2, 0.25) is 0 Å². The van der Waals surface area contributed by atoms with Crippen molar-refractivity contribution in [3.05, 3.63) is 35.9 Å². The van der Waals surface area contributed by atoms with Gasteiger partial charge in [0.25, 0.3) is 0 Å². The van der Waals surface area contributed by atoms with E-state index in [2.05, 4.69) is 5.32 Å². The van der Waals surface area contributed by atoms with Crippen LogP contribution < -0.4 is 5.32 Å². The van der Waals surface area contributed by atoms with Gasteiger partial charge in [-0.1, -0.05) is 51.1 Å². The summed E-state index contributed by atoms with van der Waals surface area (Å²) in [6.07, 6.45) is -9.31. The first-order chi connectivity index (χ1) is 28.9. The molecule has 0 radical (unpaired) electrons. The molecule has 0 spiro atoms. The van der Waals surface area contributed by atoms with Crippen LogP contribution in [0.2, 0.25) is 0 Å². The van der Waals surface area contributed by atoms with Crippen molar-refractivity contribution in [1.29, 1.82) is 0 Å². The predicted molar refractivity (Wildman–Crippen MR) is 232 cm³/mol. The first-order valence-corrected chi connectivity index (χ1v) is 22.4. The molecule has 16 heteroatoms. The van der Waals surface area contributed by atoms with Crippen molar-refractivity contribution >= 4 is 12.1 Å². The second-order valence-corrected chi connectivity index (χ2v) is 19.4. The van der Waals surface area contributed by atoms with Crippen molar-refractivity contribution in [1.82, 2.24) is 15.1 Å². The molecule has 62 heavy (non-hydrogen) atoms. The number of ether oxygens (including phenoxy) is 7. The maximum Gasteiger partial charge on any atom is 0.407 e. The highest BCUT2D eigenvalue weighted by atomic mass is 16.7. The number of carbonyl (C=O) groups is 2. The molecule has 3 saturated heterocycles. The largest absolute Gasteiger partial charge is 0.459 e. The molecule has 1 amide bonds. The van der Waals surface area contributed by atoms with Gasteiger partial charge in [0.15, 0.2) is 18.7 Å². The number of aliphatic hydroxyl groups is 4. The van der Waals surface area contributed by atoms with E-state index in [9.17, 15) is 30.0 Å². The zero-order valence-electron chi connectivity index (χ0n) is 39.6. The third-order valence-corrected chi connectivity index (χ3v) is 13.7. The number of nitrogens with zero attached hydrogens (tertiary/aromatic N) is 2. The summed E-state index contributed by atoms with van der Waals surface area (Å²) in [5.41, 5.74) is -3.65. The second-order valence-electron chi connectivity index (χ2n) is 19.4. The van der Waals surface area contributed by atoms with E-state index in [0.717, 1.165) is 5.56 Å². The number of aliphatic hydroxyl groups excluding tert-OH is 2. The molecule has 3 fully saturated rings. The number of alkyl carbamates (subject to hydrolysis) is 1. The Hall–Kier alpha value is -2.48. The maximum absolute atomic E-state index is 14.5. The molecule has 0 aromatic heterocycles. The second kappa shape index (κ2) is 21.7. The van der Waals surface area contributed by atoms with Crippen LogP contribution in [-0.4, -0.2) is 167 Å². The molecule has 0 saturated carbocycles. The first kappa shape index (κ1) is 52.1. The highest BCUT2D eigenvalue weighted by Gasteiger charge is 2.53. The number of carbonyl (C=O) groups excluding carboxylic acids is 2. The van der Waals surface area contributed by atoms with Crippen LogP contribution in [0.3, 0.4) is 0 Å². The van der Waals surface area contributed by atoms with Crippen LogP contribution in [-0.2, 0) is 44.5 Å². The zero-order valence-corrected chi connectivity index (χ0v) is 39.6. The molecule has 1 aromatic rings. The number of cyclic esters (lactones) is 1. The standard InChI is InChI=1S/C46H79N3O13/c1-15-34-46(10,55)38(51)30(6)49(13)25-26(2)22-44(8,54)39(61-42-36(50)33(48(11)12)21-27(3)57-42)28(4)37(29(5)41(52)59-34)60-35-23-45(9,56-14)40(31(7)58-35)62-43(53)47-24-32-19-17-16-18-20-32/h16-20,26-31,33-40,42,50-51,54-55H,15,21-25H2,1-14H3,(H,47,53)/t26-,27-,28+,29-,30-,31+,33+,34-,35+,36-,37+,38-,39-,40+,42+,44-,45-,46-/m1/s1. The van der Waals surface area contributed by atoms with Gasteiger partial charge < -0.3 is 68.7 Å². The summed E-state index contributed by atoms with van der Waals surface area (Å²) in [6, 6.07) is 8.59. The average molecular weight is 882 g/mol. The van der Waals surface area contributed by atoms with Crippen LogP contribution in [0.1, 0.15) is 100 Å². The zero-order chi connectivity index (χ0) is 46.5. The van der Waals surface area contributed by atoms with Gasteiger partial charge in [-0.2, -0.15) is 0 Å². The minimum atomic E-state index is -1.83. The van der Waals surface area contributed by atoms with Gasteiger partial charge in [-0.25, -0.2) is 4.79 Å². The number of amides is 1. The molecule has 356 valence electrons. The van der Waals surface area contributed by atoms with Crippen molar-refractivity contribution in [3.8, 4) is 0 Å². The Morgan fingerprint density at radius 2 is 1.61 bits per heavy atom. The minimum absolute atomic E-state index is 0.0730. The lowest BCUT2D eigenvalue weighted by Crippen LogP contribution is -2.61. The van der Waals surface area contributed by atoms with Gasteiger partial charge >= 0.3 is 12.1 Å². The lowest BCUT2D eigenvalue weighted by Gasteiger charge is -2.49. The van der Waals surface area contributed by atoms with E-state index in [1.165, 1.54) is 14.0 Å². The SMILES string of the molecule is CC[C@H]1OC(=O)[C@H](C)[C@@H](O[C@H]2C[C@@](C)(OC)[C@@H](OC(=O)NCc3ccccc3)[C@H](C)O2)[C@H](C)[C@@H](O[C@@H]2O[C@H](C)C[C@H](N(C)C)[C@H]2O)[C@](C)(O)C[C@@H](C)CN(C)[C@H](C)[C@@H](O)[C@]1(C)O. The lowest BCUT2D eigenvalue weighted by atomic mass is 9.77. The Balaban J connectivity index is 1.75. The van der Waals surface area contributed by atoms with Gasteiger partial charge in [-0.3, -0.25) is 4.79 Å². The molecule has 0 bridgehead atoms. The van der Waals surface area contributed by atoms with Gasteiger partial charge in [0, 0.05) is 44.6 Å². The highest BCUT2D eigenvalue weighted by Crippen LogP contribution is 2.41. The highest BCUT2D eigenvalue weighted by molar-refractivity contribution is 5.73. The van der Waals surface area contributed by atoms with E-state index < -0.39 is 102 Å². The summed E-state index contributed by atoms with van der Waals surface area (Å²) in [7, 11) is 7.12. The third kappa shape index (κ3) is 12.4. The number of rotatable bonds is 10. The van der Waals surface area contributed by atoms with Crippen molar-refractivity contribution in [2.24, 2.45) is 17.8 Å². The summed E-state index contributed by atoms with van der Waals surface area (Å²) in [6.45, 7) is 18.3. The van der Waals surface area contributed by atoms with Gasteiger partial charge in [0.1, 0.15) is 29.5 Å². The normalized spacial score (nSPS) is 43.3. The molecule has 0 aliphatic carbocycles. The Kier molecular flexibility index (Phi) is 18.2. The van der Waals surface area contributed by atoms with Crippen LogP contribution in [0.5, 0.6) is 0 Å². The quantitative estimate of drug-likeness (QED) is 0.213. The Morgan fingerprint density at radius 3 is 2.21 bits per heavy atom. The summed E-state index contributed by atoms with van der Waals surface area (Å²) in [5, 5.41) is 50.6. The maximum atomic E-state index is 14.5. The Labute approximate surface area is 369 Å². The topological polar surface area (TPSA) is 198 Å². The van der Waals surface area contributed by atoms with Gasteiger partial charge in [-0.15, -0.1) is 0 Å². The van der Waals surface area contributed by atoms with Crippen molar-refractivity contribution in [2.45, 2.75) is 192 Å². The fourth-order valence-corrected chi connectivity index (χ4v) is 9.87. The fraction of sp³-hybridized carbons (Fsp3) is 0.826. The van der Waals surface area contributed by atoms with Crippen molar-refractivity contribution < 1.29 is 63.2 Å². The van der Waals surface area contributed by atoms with E-state index in [1.807, 2.05) is 82.0 Å². The number of nitrogens with one attached hydrogen (secondary N) is 1. The van der Waals surface area contributed by atoms with Crippen LogP contribution >= 0.6 is 0 Å². The smallest absolute Gasteiger partial charge is 0.407 e. The summed E-state index contributed by atoms with van der Waals surface area (Å²) >= 11 is 0. The van der Waals surface area contributed by atoms with E-state index in [0.29, 0.717) is 13.0 Å². The monoisotopic (exact) mass is 882 g/mol. The molecular formula is C46H79N3O13. The molecule has 5 N–H and O–H groups in total. The van der Waals surface area contributed by atoms with E-state index >= 15 is 0 Å². The molecule has 3 aliphatic rings. The Bertz CT molecular complexity index is 1570. The number of methoxy groups -OCH3 is 1. The third-order valence-electron chi connectivity index (χ3n) is 13.7. The average Bonchev–Trinajstić information content (AvgIpc) is 3.20. The fourth-order valence-electron chi connectivity index (χ4n) is 9.87. The van der Waals surface area contributed by atoms with Crippen molar-refractivity contribution in [3.63, 3.8) is 0 Å². The van der Waals surface area contributed by atoms with E-state index in [4.69, 9.17) is 33.2 Å². The van der Waals surface area contributed by atoms with Crippen LogP contribution in [0.4, 0.5) is 4.79 Å². The summed E-state index contributed by atoms with van der Waals surface area (Å²) in [5.74, 6) is -2.75. The molecule has 18 atom stereocenters. The van der Waals surface area contributed by atoms with Crippen molar-refractivity contribution in [2.75, 3.05) is 34.8 Å². The molecular weight excluding hydrogens is 803 g/mol. The summed E-state index contributed by atoms with van der Waals surface area (Å²) in [4.78, 5) is 31.4. The predicted octanol–water partition coefficient (Wildman–Crippen LogP) is 3.83. The van der Waals surface area contributed by atoms with Gasteiger partial charge in [-0.05, 0) is 100 Å². The molecule has 3 heterocycles. The Morgan fingerprint density at radius 1 is 0.968 bits per heavy atom. The lowest BCUT2D eigenvalue weighted by molar-refractivity contribution is -0.317. The molecule has 0 unspecified atom stereocenters. The first-order valence-electron chi connectivity index (χ1n) is 22.4. The van der Waals surface area contributed by atoms with E-state index in [-0.39, 0.29) is 43.9 Å². The van der Waals surface area contributed by atoms with Crippen LogP contribution in [0.15, 0.2) is 30.3 Å². The molecule has 4 rings (SSSR count). The number of benzene rings is 1. The summed E-state index contributed by atoms with van der Waals surface area (Å²) < 4.78 is 44.4. The molecule has 1 aromatic carbocycles. The van der Waals surface area contributed by atoms with Gasteiger partial charge in [0.05, 0.1) is 35.9 Å². The number of hydrogen-bond acceptors (Lipinski definition) is 15. The molecule has 16 nitrogen and oxygen atoms in total. The molecule has 3 aliphatic heterocycles. The number of esters is 1. The van der Waals surface area contributed by atoms with Crippen LogP contribution in [0.25, 0.3) is 0 Å².